The summed E-state index contributed by atoms with van der Waals surface area (Å²) >= 11 is 1.61. The maximum Gasteiger partial charge on any atom is 0.242 e. The van der Waals surface area contributed by atoms with E-state index in [1.807, 2.05) is 28.3 Å². The minimum atomic E-state index is -0.335. The first-order valence-electron chi connectivity index (χ1n) is 7.79. The molecule has 3 rings (SSSR count). The summed E-state index contributed by atoms with van der Waals surface area (Å²) in [5.41, 5.74) is 0. The third-order valence-electron chi connectivity index (χ3n) is 3.99. The molecule has 0 unspecified atom stereocenters. The summed E-state index contributed by atoms with van der Waals surface area (Å²) in [5.74, 6) is 0.0232. The SMILES string of the molecule is O=C(NCCCn1ccnc1)[C@@H]1CCC(=O)N1Cc1cccs1. The summed E-state index contributed by atoms with van der Waals surface area (Å²) in [7, 11) is 0. The number of thiophene rings is 1. The van der Waals surface area contributed by atoms with E-state index in [9.17, 15) is 9.59 Å². The molecule has 23 heavy (non-hydrogen) atoms. The van der Waals surface area contributed by atoms with Crippen molar-refractivity contribution in [2.24, 2.45) is 0 Å². The number of rotatable bonds is 7. The summed E-state index contributed by atoms with van der Waals surface area (Å²) in [4.78, 5) is 31.2. The molecule has 1 atom stereocenters. The highest BCUT2D eigenvalue weighted by molar-refractivity contribution is 7.09. The van der Waals surface area contributed by atoms with Crippen molar-refractivity contribution in [3.8, 4) is 0 Å². The lowest BCUT2D eigenvalue weighted by atomic mass is 10.2. The zero-order chi connectivity index (χ0) is 16.1. The van der Waals surface area contributed by atoms with Crippen molar-refractivity contribution in [2.75, 3.05) is 6.54 Å². The number of hydrogen-bond donors (Lipinski definition) is 1. The molecule has 3 heterocycles. The van der Waals surface area contributed by atoms with Gasteiger partial charge in [-0.05, 0) is 24.3 Å². The van der Waals surface area contributed by atoms with Gasteiger partial charge in [0.05, 0.1) is 12.9 Å². The Kier molecular flexibility index (Phi) is 5.07. The highest BCUT2D eigenvalue weighted by Gasteiger charge is 2.35. The number of imidazole rings is 1. The number of aromatic nitrogens is 2. The molecular weight excluding hydrogens is 312 g/mol. The molecular formula is C16H20N4O2S. The fourth-order valence-corrected chi connectivity index (χ4v) is 3.49. The van der Waals surface area contributed by atoms with Crippen LogP contribution >= 0.6 is 11.3 Å². The number of amides is 2. The van der Waals surface area contributed by atoms with Crippen molar-refractivity contribution in [3.63, 3.8) is 0 Å². The average Bonchev–Trinajstić information content (AvgIpc) is 3.28. The van der Waals surface area contributed by atoms with E-state index in [0.717, 1.165) is 17.8 Å². The van der Waals surface area contributed by atoms with Crippen LogP contribution in [-0.2, 0) is 22.7 Å². The molecule has 6 nitrogen and oxygen atoms in total. The Labute approximate surface area is 139 Å². The smallest absolute Gasteiger partial charge is 0.242 e. The van der Waals surface area contributed by atoms with Gasteiger partial charge in [-0.15, -0.1) is 11.3 Å². The van der Waals surface area contributed by atoms with Gasteiger partial charge in [0.1, 0.15) is 6.04 Å². The van der Waals surface area contributed by atoms with Crippen LogP contribution in [0, 0.1) is 0 Å². The predicted molar refractivity (Wildman–Crippen MR) is 87.7 cm³/mol. The third-order valence-corrected chi connectivity index (χ3v) is 4.85. The summed E-state index contributed by atoms with van der Waals surface area (Å²) in [6.45, 7) is 1.96. The molecule has 122 valence electrons. The normalized spacial score (nSPS) is 17.7. The van der Waals surface area contributed by atoms with Crippen LogP contribution in [0.5, 0.6) is 0 Å². The fraction of sp³-hybridized carbons (Fsp3) is 0.438. The Hall–Kier alpha value is -2.15. The largest absolute Gasteiger partial charge is 0.354 e. The third kappa shape index (κ3) is 3.98. The van der Waals surface area contributed by atoms with Crippen molar-refractivity contribution < 1.29 is 9.59 Å². The van der Waals surface area contributed by atoms with E-state index >= 15 is 0 Å². The van der Waals surface area contributed by atoms with Crippen LogP contribution < -0.4 is 5.32 Å². The lowest BCUT2D eigenvalue weighted by molar-refractivity contribution is -0.135. The van der Waals surface area contributed by atoms with Gasteiger partial charge in [0, 0.05) is 36.8 Å². The Morgan fingerprint density at radius 3 is 3.13 bits per heavy atom. The van der Waals surface area contributed by atoms with Crippen LogP contribution in [0.15, 0.2) is 36.2 Å². The van der Waals surface area contributed by atoms with Gasteiger partial charge in [-0.1, -0.05) is 6.07 Å². The summed E-state index contributed by atoms with van der Waals surface area (Å²) in [6, 6.07) is 3.63. The van der Waals surface area contributed by atoms with Gasteiger partial charge >= 0.3 is 0 Å². The van der Waals surface area contributed by atoms with Crippen molar-refractivity contribution in [1.82, 2.24) is 19.8 Å². The second-order valence-electron chi connectivity index (χ2n) is 5.60. The van der Waals surface area contributed by atoms with Gasteiger partial charge < -0.3 is 14.8 Å². The molecule has 1 saturated heterocycles. The Morgan fingerprint density at radius 2 is 2.39 bits per heavy atom. The first kappa shape index (κ1) is 15.7. The number of nitrogens with zero attached hydrogens (tertiary/aromatic N) is 3. The molecule has 1 aliphatic heterocycles. The van der Waals surface area contributed by atoms with Gasteiger partial charge in [-0.3, -0.25) is 9.59 Å². The first-order valence-corrected chi connectivity index (χ1v) is 8.67. The van der Waals surface area contributed by atoms with E-state index < -0.39 is 0 Å². The molecule has 0 saturated carbocycles. The summed E-state index contributed by atoms with van der Waals surface area (Å²) < 4.78 is 1.98. The summed E-state index contributed by atoms with van der Waals surface area (Å²) in [6.07, 6.45) is 7.31. The highest BCUT2D eigenvalue weighted by Crippen LogP contribution is 2.23. The van der Waals surface area contributed by atoms with E-state index in [2.05, 4.69) is 10.3 Å². The lowest BCUT2D eigenvalue weighted by Gasteiger charge is -2.23. The van der Waals surface area contributed by atoms with Crippen molar-refractivity contribution in [1.29, 1.82) is 0 Å². The van der Waals surface area contributed by atoms with E-state index in [-0.39, 0.29) is 17.9 Å². The van der Waals surface area contributed by atoms with Gasteiger partial charge in [0.15, 0.2) is 0 Å². The van der Waals surface area contributed by atoms with E-state index in [4.69, 9.17) is 0 Å². The van der Waals surface area contributed by atoms with E-state index in [1.54, 1.807) is 28.8 Å². The number of nitrogens with one attached hydrogen (secondary N) is 1. The van der Waals surface area contributed by atoms with Gasteiger partial charge in [-0.25, -0.2) is 4.98 Å². The van der Waals surface area contributed by atoms with Crippen LogP contribution in [0.4, 0.5) is 0 Å². The Bertz CT molecular complexity index is 639. The van der Waals surface area contributed by atoms with Gasteiger partial charge in [0.2, 0.25) is 11.8 Å². The summed E-state index contributed by atoms with van der Waals surface area (Å²) in [5, 5.41) is 4.94. The minimum absolute atomic E-state index is 0.0435. The molecule has 1 aliphatic rings. The molecule has 0 aliphatic carbocycles. The molecule has 2 aromatic heterocycles. The molecule has 2 amide bonds. The predicted octanol–water partition coefficient (Wildman–Crippen LogP) is 1.64. The van der Waals surface area contributed by atoms with Crippen molar-refractivity contribution in [3.05, 3.63) is 41.1 Å². The molecule has 0 bridgehead atoms. The van der Waals surface area contributed by atoms with Crippen LogP contribution in [-0.4, -0.2) is 38.9 Å². The Morgan fingerprint density at radius 1 is 1.48 bits per heavy atom. The van der Waals surface area contributed by atoms with Crippen LogP contribution in [0.25, 0.3) is 0 Å². The lowest BCUT2D eigenvalue weighted by Crippen LogP contribution is -2.44. The maximum atomic E-state index is 12.4. The molecule has 0 aromatic carbocycles. The molecule has 1 N–H and O–H groups in total. The molecule has 7 heteroatoms. The molecule has 2 aromatic rings. The monoisotopic (exact) mass is 332 g/mol. The van der Waals surface area contributed by atoms with E-state index in [1.165, 1.54) is 0 Å². The first-order chi connectivity index (χ1) is 11.2. The topological polar surface area (TPSA) is 67.2 Å². The van der Waals surface area contributed by atoms with E-state index in [0.29, 0.717) is 25.9 Å². The number of carbonyl (C=O) groups is 2. The van der Waals surface area contributed by atoms with Crippen LogP contribution in [0.3, 0.4) is 0 Å². The molecule has 1 fully saturated rings. The number of likely N-dealkylation sites (tertiary alicyclic amines) is 1. The van der Waals surface area contributed by atoms with Gasteiger partial charge in [0.25, 0.3) is 0 Å². The maximum absolute atomic E-state index is 12.4. The standard InChI is InChI=1S/C16H20N4O2S/c21-15-5-4-14(20(15)11-13-3-1-10-23-13)16(22)18-6-2-8-19-9-7-17-12-19/h1,3,7,9-10,12,14H,2,4-6,8,11H2,(H,18,22)/t14-/m0/s1. The second kappa shape index (κ2) is 7.41. The molecule has 0 radical (unpaired) electrons. The molecule has 0 spiro atoms. The van der Waals surface area contributed by atoms with Crippen LogP contribution in [0.2, 0.25) is 0 Å². The zero-order valence-electron chi connectivity index (χ0n) is 12.9. The second-order valence-corrected chi connectivity index (χ2v) is 6.63. The number of hydrogen-bond acceptors (Lipinski definition) is 4. The average molecular weight is 332 g/mol. The minimum Gasteiger partial charge on any atom is -0.354 e. The van der Waals surface area contributed by atoms with Crippen molar-refractivity contribution in [2.45, 2.75) is 38.4 Å². The zero-order valence-corrected chi connectivity index (χ0v) is 13.7. The highest BCUT2D eigenvalue weighted by atomic mass is 32.1. The van der Waals surface area contributed by atoms with Crippen LogP contribution in [0.1, 0.15) is 24.1 Å². The van der Waals surface area contributed by atoms with Crippen molar-refractivity contribution >= 4 is 23.2 Å². The number of aryl methyl sites for hydroxylation is 1. The fourth-order valence-electron chi connectivity index (χ4n) is 2.78. The quantitative estimate of drug-likeness (QED) is 0.784. The Balaban J connectivity index is 1.48. The number of carbonyl (C=O) groups excluding carboxylic acids is 2. The van der Waals surface area contributed by atoms with Gasteiger partial charge in [-0.2, -0.15) is 0 Å².